The molecule has 0 radical (unpaired) electrons. The van der Waals surface area contributed by atoms with Gasteiger partial charge in [0, 0.05) is 29.4 Å². The van der Waals surface area contributed by atoms with Gasteiger partial charge in [0.15, 0.2) is 0 Å². The molecule has 84 valence electrons. The number of hydrogen-bond acceptors (Lipinski definition) is 3. The third-order valence-electron chi connectivity index (χ3n) is 3.08. The van der Waals surface area contributed by atoms with Crippen LogP contribution in [-0.2, 0) is 6.42 Å². The molecule has 0 aliphatic carbocycles. The molecule has 0 spiro atoms. The van der Waals surface area contributed by atoms with E-state index < -0.39 is 0 Å². The largest absolute Gasteiger partial charge is 0.292 e. The highest BCUT2D eigenvalue weighted by Gasteiger charge is 2.16. The zero-order valence-electron chi connectivity index (χ0n) is 9.92. The van der Waals surface area contributed by atoms with Crippen LogP contribution >= 0.6 is 11.3 Å². The van der Waals surface area contributed by atoms with Gasteiger partial charge < -0.3 is 0 Å². The highest BCUT2D eigenvalue weighted by molar-refractivity contribution is 7.12. The Morgan fingerprint density at radius 2 is 2.13 bits per heavy atom. The van der Waals surface area contributed by atoms with Crippen LogP contribution in [0.4, 0.5) is 0 Å². The quantitative estimate of drug-likeness (QED) is 0.776. The van der Waals surface area contributed by atoms with Gasteiger partial charge in [-0.3, -0.25) is 9.80 Å². The van der Waals surface area contributed by atoms with Gasteiger partial charge in [-0.1, -0.05) is 0 Å². The smallest absolute Gasteiger partial charge is 0.0504 e. The fourth-order valence-electron chi connectivity index (χ4n) is 2.19. The maximum atomic E-state index is 2.53. The average molecular weight is 224 g/mol. The first-order valence-electron chi connectivity index (χ1n) is 5.62. The van der Waals surface area contributed by atoms with Crippen molar-refractivity contribution < 1.29 is 0 Å². The molecule has 3 heteroatoms. The summed E-state index contributed by atoms with van der Waals surface area (Å²) in [5, 5.41) is 0. The van der Waals surface area contributed by atoms with Crippen molar-refractivity contribution in [2.24, 2.45) is 0 Å². The van der Waals surface area contributed by atoms with Crippen LogP contribution in [0.1, 0.15) is 15.3 Å². The highest BCUT2D eigenvalue weighted by atomic mass is 32.1. The molecule has 0 bridgehead atoms. The third-order valence-corrected chi connectivity index (χ3v) is 4.09. The molecule has 0 unspecified atom stereocenters. The maximum absolute atomic E-state index is 2.53. The van der Waals surface area contributed by atoms with Gasteiger partial charge in [-0.2, -0.15) is 0 Å². The van der Waals surface area contributed by atoms with Crippen LogP contribution in [0.2, 0.25) is 0 Å². The van der Waals surface area contributed by atoms with Gasteiger partial charge in [0.2, 0.25) is 0 Å². The maximum Gasteiger partial charge on any atom is 0.0504 e. The van der Waals surface area contributed by atoms with Crippen LogP contribution in [0.3, 0.4) is 0 Å². The topological polar surface area (TPSA) is 6.48 Å². The normalized spacial score (nSPS) is 18.9. The van der Waals surface area contributed by atoms with Crippen LogP contribution in [0.15, 0.2) is 6.07 Å². The van der Waals surface area contributed by atoms with Crippen molar-refractivity contribution in [1.29, 1.82) is 0 Å². The number of hydrogen-bond donors (Lipinski definition) is 0. The number of nitrogens with zero attached hydrogens (tertiary/aromatic N) is 2. The molecule has 0 N–H and O–H groups in total. The van der Waals surface area contributed by atoms with E-state index in [1.54, 1.807) is 5.56 Å². The van der Waals surface area contributed by atoms with Crippen LogP contribution in [0.5, 0.6) is 0 Å². The van der Waals surface area contributed by atoms with Crippen LogP contribution in [0.25, 0.3) is 0 Å². The highest BCUT2D eigenvalue weighted by Crippen LogP contribution is 2.21. The average Bonchev–Trinajstić information content (AvgIpc) is 2.70. The van der Waals surface area contributed by atoms with E-state index in [2.05, 4.69) is 36.8 Å². The van der Waals surface area contributed by atoms with Gasteiger partial charge in [0.05, 0.1) is 6.67 Å². The zero-order valence-corrected chi connectivity index (χ0v) is 10.7. The monoisotopic (exact) mass is 224 g/mol. The lowest BCUT2D eigenvalue weighted by Crippen LogP contribution is -2.25. The Labute approximate surface area is 96.5 Å². The molecule has 2 heterocycles. The van der Waals surface area contributed by atoms with E-state index in [0.717, 1.165) is 6.67 Å². The molecule has 2 rings (SSSR count). The van der Waals surface area contributed by atoms with Crippen molar-refractivity contribution in [2.75, 3.05) is 33.4 Å². The molecule has 1 aliphatic rings. The summed E-state index contributed by atoms with van der Waals surface area (Å²) in [5.74, 6) is 0. The van der Waals surface area contributed by atoms with Gasteiger partial charge in [0.25, 0.3) is 0 Å². The summed E-state index contributed by atoms with van der Waals surface area (Å²) in [6.07, 6.45) is 1.21. The first-order chi connectivity index (χ1) is 7.15. The molecule has 0 amide bonds. The molecular formula is C12H20N2S. The molecule has 1 aliphatic heterocycles. The lowest BCUT2D eigenvalue weighted by molar-refractivity contribution is 0.277. The molecule has 1 aromatic heterocycles. The van der Waals surface area contributed by atoms with Crippen molar-refractivity contribution in [3.8, 4) is 0 Å². The van der Waals surface area contributed by atoms with Gasteiger partial charge >= 0.3 is 0 Å². The summed E-state index contributed by atoms with van der Waals surface area (Å²) in [5.41, 5.74) is 1.55. The summed E-state index contributed by atoms with van der Waals surface area (Å²) in [4.78, 5) is 7.86. The fraction of sp³-hybridized carbons (Fsp3) is 0.667. The number of rotatable bonds is 3. The van der Waals surface area contributed by atoms with Gasteiger partial charge in [-0.15, -0.1) is 11.3 Å². The Kier molecular flexibility index (Phi) is 3.44. The Bertz CT molecular complexity index is 332. The number of thiophene rings is 1. The third kappa shape index (κ3) is 2.80. The Balaban J connectivity index is 1.85. The van der Waals surface area contributed by atoms with E-state index in [1.165, 1.54) is 35.8 Å². The molecule has 2 nitrogen and oxygen atoms in total. The van der Waals surface area contributed by atoms with Gasteiger partial charge in [-0.05, 0) is 38.9 Å². The minimum atomic E-state index is 1.14. The van der Waals surface area contributed by atoms with Crippen molar-refractivity contribution in [3.05, 3.63) is 21.4 Å². The summed E-state index contributed by atoms with van der Waals surface area (Å²) >= 11 is 1.92. The first-order valence-corrected chi connectivity index (χ1v) is 6.43. The van der Waals surface area contributed by atoms with E-state index >= 15 is 0 Å². The fourth-order valence-corrected chi connectivity index (χ4v) is 3.16. The Hall–Kier alpha value is -0.380. The predicted molar refractivity (Wildman–Crippen MR) is 66.6 cm³/mol. The molecule has 1 aromatic rings. The predicted octanol–water partition coefficient (Wildman–Crippen LogP) is 2.11. The van der Waals surface area contributed by atoms with Gasteiger partial charge in [0.1, 0.15) is 0 Å². The van der Waals surface area contributed by atoms with E-state index in [4.69, 9.17) is 0 Å². The number of aryl methyl sites for hydroxylation is 2. The molecule has 0 atom stereocenters. The molecule has 0 saturated carbocycles. The van der Waals surface area contributed by atoms with E-state index in [9.17, 15) is 0 Å². The Morgan fingerprint density at radius 3 is 2.67 bits per heavy atom. The molecule has 0 aromatic carbocycles. The minimum absolute atomic E-state index is 1.14. The van der Waals surface area contributed by atoms with Crippen LogP contribution in [0, 0.1) is 13.8 Å². The summed E-state index contributed by atoms with van der Waals surface area (Å²) in [7, 11) is 2.19. The summed E-state index contributed by atoms with van der Waals surface area (Å²) < 4.78 is 0. The van der Waals surface area contributed by atoms with Crippen molar-refractivity contribution in [1.82, 2.24) is 9.80 Å². The minimum Gasteiger partial charge on any atom is -0.292 e. The SMILES string of the molecule is Cc1cc(CCN2CCN(C)C2)c(C)s1. The van der Waals surface area contributed by atoms with Crippen LogP contribution < -0.4 is 0 Å². The standard InChI is InChI=1S/C12H20N2S/c1-10-8-12(11(2)15-10)4-5-14-7-6-13(3)9-14/h8H,4-7,9H2,1-3H3. The molecule has 1 saturated heterocycles. The van der Waals surface area contributed by atoms with E-state index in [1.807, 2.05) is 11.3 Å². The zero-order chi connectivity index (χ0) is 10.8. The summed E-state index contributed by atoms with van der Waals surface area (Å²) in [6.45, 7) is 9.25. The summed E-state index contributed by atoms with van der Waals surface area (Å²) in [6, 6.07) is 2.35. The molecule has 1 fully saturated rings. The second-order valence-corrected chi connectivity index (χ2v) is 5.99. The Morgan fingerprint density at radius 1 is 1.33 bits per heavy atom. The number of likely N-dealkylation sites (N-methyl/N-ethyl adjacent to an activating group) is 1. The first kappa shape index (κ1) is 11.1. The lowest BCUT2D eigenvalue weighted by Gasteiger charge is -2.14. The second-order valence-electron chi connectivity index (χ2n) is 4.53. The van der Waals surface area contributed by atoms with Crippen molar-refractivity contribution in [2.45, 2.75) is 20.3 Å². The molecule has 15 heavy (non-hydrogen) atoms. The second kappa shape index (κ2) is 4.64. The lowest BCUT2D eigenvalue weighted by atomic mass is 10.2. The van der Waals surface area contributed by atoms with Crippen LogP contribution in [-0.4, -0.2) is 43.2 Å². The van der Waals surface area contributed by atoms with E-state index in [0.29, 0.717) is 0 Å². The van der Waals surface area contributed by atoms with E-state index in [-0.39, 0.29) is 0 Å². The van der Waals surface area contributed by atoms with Crippen molar-refractivity contribution in [3.63, 3.8) is 0 Å². The van der Waals surface area contributed by atoms with Crippen molar-refractivity contribution >= 4 is 11.3 Å². The van der Waals surface area contributed by atoms with Gasteiger partial charge in [-0.25, -0.2) is 0 Å². The molecular weight excluding hydrogens is 204 g/mol.